The Morgan fingerprint density at radius 3 is 1.56 bits per heavy atom. The molecule has 174 valence electrons. The van der Waals surface area contributed by atoms with Crippen LogP contribution in [-0.2, 0) is 9.47 Å². The number of rotatable bonds is 3. The Labute approximate surface area is 198 Å². The molecule has 0 atom stereocenters. The highest BCUT2D eigenvalue weighted by Crippen LogP contribution is 2.43. The van der Waals surface area contributed by atoms with Gasteiger partial charge in [0.2, 0.25) is 0 Å². The summed E-state index contributed by atoms with van der Waals surface area (Å²) in [6.45, 7) is 7.74. The first-order valence-corrected chi connectivity index (χ1v) is 11.8. The Kier molecular flexibility index (Phi) is 5.23. The van der Waals surface area contributed by atoms with Crippen LogP contribution in [0.4, 0.5) is 17.1 Å². The van der Waals surface area contributed by atoms with Gasteiger partial charge in [0.1, 0.15) is 0 Å². The molecule has 0 aliphatic carbocycles. The summed E-state index contributed by atoms with van der Waals surface area (Å²) < 4.78 is 11.2. The van der Waals surface area contributed by atoms with Gasteiger partial charge in [-0.2, -0.15) is 0 Å². The molecule has 3 aromatic carbocycles. The molecular weight excluding hydrogens is 430 g/mol. The van der Waals surface area contributed by atoms with Crippen molar-refractivity contribution >= 4 is 39.6 Å². The van der Waals surface area contributed by atoms with Crippen molar-refractivity contribution in [3.8, 4) is 0 Å². The summed E-state index contributed by atoms with van der Waals surface area (Å²) in [5.41, 5.74) is 4.90. The van der Waals surface area contributed by atoms with E-state index in [1.54, 1.807) is 0 Å². The Balaban J connectivity index is 1.56. The Hall–Kier alpha value is -3.42. The van der Waals surface area contributed by atoms with Crippen LogP contribution < -0.4 is 14.7 Å². The smallest absolute Gasteiger partial charge is 0.265 e. The molecule has 2 fully saturated rings. The standard InChI is InChI=1S/C27H27N3O4/c1-18-2-4-19(5-3-18)30-26(31)20-6-8-22(28-10-14-33-15-11-28)25-23(29-12-16-34-17-13-29)9-7-21(24(20)25)27(30)32/h2-9H,10-17H2,1H3. The number of carbonyl (C=O) groups is 2. The molecule has 0 bridgehead atoms. The van der Waals surface area contributed by atoms with Crippen LogP contribution in [0.3, 0.4) is 0 Å². The lowest BCUT2D eigenvalue weighted by molar-refractivity contribution is 0.0893. The van der Waals surface area contributed by atoms with E-state index in [0.717, 1.165) is 53.9 Å². The van der Waals surface area contributed by atoms with Gasteiger partial charge in [0.05, 0.1) is 32.1 Å². The molecule has 0 unspecified atom stereocenters. The summed E-state index contributed by atoms with van der Waals surface area (Å²) in [6, 6.07) is 15.4. The zero-order valence-corrected chi connectivity index (χ0v) is 19.3. The number of imide groups is 1. The SMILES string of the molecule is Cc1ccc(N2C(=O)c3ccc(N4CCOCC4)c4c(N5CCOCC5)ccc(c34)C2=O)cc1. The lowest BCUT2D eigenvalue weighted by Crippen LogP contribution is -2.42. The minimum Gasteiger partial charge on any atom is -0.378 e. The molecule has 0 saturated carbocycles. The number of anilines is 3. The van der Waals surface area contributed by atoms with Crippen LogP contribution in [0.25, 0.3) is 10.8 Å². The average Bonchev–Trinajstić information content (AvgIpc) is 2.89. The fraction of sp³-hybridized carbons (Fsp3) is 0.333. The summed E-state index contributed by atoms with van der Waals surface area (Å²) in [5.74, 6) is -0.557. The van der Waals surface area contributed by atoms with E-state index in [4.69, 9.17) is 9.47 Å². The summed E-state index contributed by atoms with van der Waals surface area (Å²) in [6.07, 6.45) is 0. The second-order valence-corrected chi connectivity index (χ2v) is 8.99. The van der Waals surface area contributed by atoms with Crippen molar-refractivity contribution in [1.29, 1.82) is 0 Å². The van der Waals surface area contributed by atoms with Gasteiger partial charge in [-0.25, -0.2) is 4.90 Å². The fourth-order valence-corrected chi connectivity index (χ4v) is 5.21. The molecular formula is C27H27N3O4. The van der Waals surface area contributed by atoms with Gasteiger partial charge < -0.3 is 19.3 Å². The predicted molar refractivity (Wildman–Crippen MR) is 132 cm³/mol. The molecule has 3 aliphatic heterocycles. The molecule has 3 aliphatic rings. The summed E-state index contributed by atoms with van der Waals surface area (Å²) in [7, 11) is 0. The first kappa shape index (κ1) is 21.1. The minimum atomic E-state index is -0.279. The van der Waals surface area contributed by atoms with Gasteiger partial charge in [-0.05, 0) is 43.3 Å². The number of carbonyl (C=O) groups excluding carboxylic acids is 2. The molecule has 0 spiro atoms. The maximum absolute atomic E-state index is 13.7. The topological polar surface area (TPSA) is 62.3 Å². The Morgan fingerprint density at radius 1 is 0.618 bits per heavy atom. The van der Waals surface area contributed by atoms with Crippen LogP contribution in [0.2, 0.25) is 0 Å². The van der Waals surface area contributed by atoms with E-state index in [2.05, 4.69) is 9.80 Å². The highest BCUT2D eigenvalue weighted by atomic mass is 16.5. The molecule has 0 aromatic heterocycles. The van der Waals surface area contributed by atoms with Crippen molar-refractivity contribution < 1.29 is 19.1 Å². The van der Waals surface area contributed by atoms with Gasteiger partial charge >= 0.3 is 0 Å². The molecule has 7 nitrogen and oxygen atoms in total. The van der Waals surface area contributed by atoms with E-state index in [9.17, 15) is 9.59 Å². The van der Waals surface area contributed by atoms with Crippen molar-refractivity contribution in [2.45, 2.75) is 6.92 Å². The quantitative estimate of drug-likeness (QED) is 0.560. The van der Waals surface area contributed by atoms with E-state index in [-0.39, 0.29) is 11.8 Å². The third-order valence-corrected chi connectivity index (χ3v) is 6.98. The minimum absolute atomic E-state index is 0.279. The van der Waals surface area contributed by atoms with Gasteiger partial charge in [-0.3, -0.25) is 9.59 Å². The van der Waals surface area contributed by atoms with E-state index in [1.807, 2.05) is 55.5 Å². The number of benzene rings is 3. The van der Waals surface area contributed by atoms with Crippen LogP contribution in [0, 0.1) is 6.92 Å². The molecule has 0 radical (unpaired) electrons. The number of hydrogen-bond donors (Lipinski definition) is 0. The van der Waals surface area contributed by atoms with Gasteiger partial charge in [-0.1, -0.05) is 17.7 Å². The third-order valence-electron chi connectivity index (χ3n) is 6.98. The number of ether oxygens (including phenoxy) is 2. The van der Waals surface area contributed by atoms with Crippen molar-refractivity contribution in [3.05, 3.63) is 65.2 Å². The van der Waals surface area contributed by atoms with Crippen LogP contribution in [-0.4, -0.2) is 64.4 Å². The van der Waals surface area contributed by atoms with Gasteiger partial charge in [-0.15, -0.1) is 0 Å². The summed E-state index contributed by atoms with van der Waals surface area (Å²) in [4.78, 5) is 33.3. The maximum Gasteiger partial charge on any atom is 0.265 e. The fourth-order valence-electron chi connectivity index (χ4n) is 5.21. The Morgan fingerprint density at radius 2 is 1.09 bits per heavy atom. The number of amides is 2. The van der Waals surface area contributed by atoms with Crippen LogP contribution in [0.15, 0.2) is 48.5 Å². The van der Waals surface area contributed by atoms with Crippen molar-refractivity contribution in [3.63, 3.8) is 0 Å². The average molecular weight is 458 g/mol. The van der Waals surface area contributed by atoms with Gasteiger partial charge in [0.15, 0.2) is 0 Å². The number of morpholine rings is 2. The maximum atomic E-state index is 13.7. The first-order chi connectivity index (χ1) is 16.6. The molecule has 0 N–H and O–H groups in total. The molecule has 2 amide bonds. The van der Waals surface area contributed by atoms with Crippen LogP contribution >= 0.6 is 0 Å². The number of hydrogen-bond acceptors (Lipinski definition) is 6. The van der Waals surface area contributed by atoms with Crippen LogP contribution in [0.5, 0.6) is 0 Å². The van der Waals surface area contributed by atoms with Crippen molar-refractivity contribution in [2.24, 2.45) is 0 Å². The number of aryl methyl sites for hydroxylation is 1. The third kappa shape index (κ3) is 3.35. The van der Waals surface area contributed by atoms with Gasteiger partial charge in [0, 0.05) is 59.5 Å². The highest BCUT2D eigenvalue weighted by molar-refractivity contribution is 6.37. The molecule has 34 heavy (non-hydrogen) atoms. The normalized spacial score (nSPS) is 18.7. The molecule has 2 saturated heterocycles. The predicted octanol–water partition coefficient (Wildman–Crippen LogP) is 3.62. The molecule has 3 heterocycles. The largest absolute Gasteiger partial charge is 0.378 e. The van der Waals surface area contributed by atoms with E-state index < -0.39 is 0 Å². The van der Waals surface area contributed by atoms with Crippen molar-refractivity contribution in [2.75, 3.05) is 67.3 Å². The van der Waals surface area contributed by atoms with Crippen molar-refractivity contribution in [1.82, 2.24) is 0 Å². The lowest BCUT2D eigenvalue weighted by Gasteiger charge is -2.36. The Bertz CT molecular complexity index is 1200. The zero-order chi connectivity index (χ0) is 23.2. The second kappa shape index (κ2) is 8.42. The van der Waals surface area contributed by atoms with Crippen LogP contribution in [0.1, 0.15) is 26.3 Å². The molecule has 3 aromatic rings. The monoisotopic (exact) mass is 457 g/mol. The summed E-state index contributed by atoms with van der Waals surface area (Å²) in [5, 5.41) is 1.73. The second-order valence-electron chi connectivity index (χ2n) is 8.99. The van der Waals surface area contributed by atoms with Gasteiger partial charge in [0.25, 0.3) is 11.8 Å². The summed E-state index contributed by atoms with van der Waals surface area (Å²) >= 11 is 0. The lowest BCUT2D eigenvalue weighted by atomic mass is 9.90. The highest BCUT2D eigenvalue weighted by Gasteiger charge is 2.36. The number of nitrogens with zero attached hydrogens (tertiary/aromatic N) is 3. The van der Waals surface area contributed by atoms with E-state index in [1.165, 1.54) is 4.90 Å². The zero-order valence-electron chi connectivity index (χ0n) is 19.3. The first-order valence-electron chi connectivity index (χ1n) is 11.8. The van der Waals surface area contributed by atoms with E-state index in [0.29, 0.717) is 43.2 Å². The molecule has 7 heteroatoms. The molecule has 6 rings (SSSR count). The van der Waals surface area contributed by atoms with E-state index >= 15 is 0 Å².